The molecule has 84 valence electrons. The number of rotatable bonds is 5. The van der Waals surface area contributed by atoms with Gasteiger partial charge in [0.25, 0.3) is 5.69 Å². The number of nitrogens with one attached hydrogen (secondary N) is 1. The van der Waals surface area contributed by atoms with Crippen LogP contribution in [0.4, 0.5) is 5.69 Å². The summed E-state index contributed by atoms with van der Waals surface area (Å²) in [6.45, 7) is 0.926. The molecular formula is C10H10BrN3O2. The van der Waals surface area contributed by atoms with Crippen molar-refractivity contribution in [2.45, 2.75) is 13.0 Å². The maximum Gasteiger partial charge on any atom is 0.275 e. The van der Waals surface area contributed by atoms with Gasteiger partial charge in [0, 0.05) is 35.6 Å². The van der Waals surface area contributed by atoms with Crippen molar-refractivity contribution in [3.05, 3.63) is 38.3 Å². The first-order valence-corrected chi connectivity index (χ1v) is 5.45. The number of hydrogen-bond donors (Lipinski definition) is 1. The van der Waals surface area contributed by atoms with Crippen LogP contribution in [0.25, 0.3) is 0 Å². The molecule has 6 heteroatoms. The molecule has 1 aromatic carbocycles. The van der Waals surface area contributed by atoms with Crippen LogP contribution in [0.15, 0.2) is 22.7 Å². The second-order valence-corrected chi connectivity index (χ2v) is 4.03. The third-order valence-corrected chi connectivity index (χ3v) is 2.47. The summed E-state index contributed by atoms with van der Waals surface area (Å²) in [7, 11) is 0. The molecular weight excluding hydrogens is 274 g/mol. The number of nitriles is 1. The van der Waals surface area contributed by atoms with Crippen LogP contribution >= 0.6 is 15.9 Å². The summed E-state index contributed by atoms with van der Waals surface area (Å²) in [4.78, 5) is 10.4. The molecule has 0 aliphatic carbocycles. The first-order valence-electron chi connectivity index (χ1n) is 4.65. The van der Waals surface area contributed by atoms with Crippen molar-refractivity contribution in [1.82, 2.24) is 5.32 Å². The van der Waals surface area contributed by atoms with Crippen LogP contribution < -0.4 is 5.32 Å². The second-order valence-electron chi connectivity index (χ2n) is 3.12. The minimum Gasteiger partial charge on any atom is -0.311 e. The molecule has 0 radical (unpaired) electrons. The summed E-state index contributed by atoms with van der Waals surface area (Å²) in [5, 5.41) is 22.1. The molecule has 5 nitrogen and oxygen atoms in total. The van der Waals surface area contributed by atoms with Gasteiger partial charge in [-0.3, -0.25) is 10.1 Å². The fraction of sp³-hybridized carbons (Fsp3) is 0.300. The Morgan fingerprint density at radius 3 is 2.94 bits per heavy atom. The molecule has 0 saturated carbocycles. The van der Waals surface area contributed by atoms with Crippen molar-refractivity contribution in [2.24, 2.45) is 0 Å². The second kappa shape index (κ2) is 6.20. The Balaban J connectivity index is 2.72. The number of nitrogens with zero attached hydrogens (tertiary/aromatic N) is 2. The molecule has 1 aromatic rings. The fourth-order valence-corrected chi connectivity index (χ4v) is 1.57. The summed E-state index contributed by atoms with van der Waals surface area (Å²) in [5.74, 6) is 0. The van der Waals surface area contributed by atoms with E-state index in [4.69, 9.17) is 5.26 Å². The molecule has 0 amide bonds. The molecule has 0 fully saturated rings. The quantitative estimate of drug-likeness (QED) is 0.511. The Morgan fingerprint density at radius 2 is 2.31 bits per heavy atom. The molecule has 0 aromatic heterocycles. The minimum atomic E-state index is -0.411. The molecule has 1 rings (SSSR count). The number of nitro groups is 1. The third kappa shape index (κ3) is 3.61. The highest BCUT2D eigenvalue weighted by Crippen LogP contribution is 2.23. The van der Waals surface area contributed by atoms with Crippen molar-refractivity contribution in [3.8, 4) is 6.07 Å². The first-order chi connectivity index (χ1) is 7.65. The van der Waals surface area contributed by atoms with E-state index in [2.05, 4.69) is 21.2 Å². The van der Waals surface area contributed by atoms with Crippen LogP contribution in [0.3, 0.4) is 0 Å². The molecule has 0 unspecified atom stereocenters. The Bertz CT molecular complexity index is 429. The lowest BCUT2D eigenvalue weighted by atomic mass is 10.2. The SMILES string of the molecule is N#CCCNCc1ccc(Br)cc1[N+](=O)[O-]. The average molecular weight is 284 g/mol. The molecule has 16 heavy (non-hydrogen) atoms. The van der Waals surface area contributed by atoms with E-state index < -0.39 is 4.92 Å². The predicted molar refractivity (Wildman–Crippen MR) is 62.7 cm³/mol. The van der Waals surface area contributed by atoms with E-state index in [1.54, 1.807) is 12.1 Å². The summed E-state index contributed by atoms with van der Waals surface area (Å²) in [6.07, 6.45) is 0.393. The minimum absolute atomic E-state index is 0.0823. The van der Waals surface area contributed by atoms with E-state index in [9.17, 15) is 10.1 Å². The van der Waals surface area contributed by atoms with Gasteiger partial charge in [0.1, 0.15) is 0 Å². The van der Waals surface area contributed by atoms with E-state index in [0.29, 0.717) is 29.5 Å². The van der Waals surface area contributed by atoms with E-state index >= 15 is 0 Å². The maximum atomic E-state index is 10.8. The van der Waals surface area contributed by atoms with Gasteiger partial charge in [-0.15, -0.1) is 0 Å². The van der Waals surface area contributed by atoms with Gasteiger partial charge >= 0.3 is 0 Å². The first kappa shape index (κ1) is 12.6. The van der Waals surface area contributed by atoms with Crippen LogP contribution in [0.2, 0.25) is 0 Å². The summed E-state index contributed by atoms with van der Waals surface area (Å²) in [6, 6.07) is 6.92. The fourth-order valence-electron chi connectivity index (χ4n) is 1.22. The lowest BCUT2D eigenvalue weighted by molar-refractivity contribution is -0.385. The highest BCUT2D eigenvalue weighted by Gasteiger charge is 2.13. The lowest BCUT2D eigenvalue weighted by Crippen LogP contribution is -2.15. The Hall–Kier alpha value is -1.45. The topological polar surface area (TPSA) is 79.0 Å². The number of halogens is 1. The van der Waals surface area contributed by atoms with Crippen molar-refractivity contribution in [3.63, 3.8) is 0 Å². The van der Waals surface area contributed by atoms with Gasteiger partial charge in [-0.2, -0.15) is 5.26 Å². The normalized spacial score (nSPS) is 9.75. The third-order valence-electron chi connectivity index (χ3n) is 1.97. The monoisotopic (exact) mass is 283 g/mol. The number of hydrogen-bond acceptors (Lipinski definition) is 4. The molecule has 0 aliphatic rings. The van der Waals surface area contributed by atoms with Gasteiger partial charge in [0.2, 0.25) is 0 Å². The molecule has 0 atom stereocenters. The zero-order chi connectivity index (χ0) is 12.0. The Kier molecular flexibility index (Phi) is 4.89. The van der Waals surface area contributed by atoms with Gasteiger partial charge in [-0.05, 0) is 12.1 Å². The van der Waals surface area contributed by atoms with E-state index in [1.165, 1.54) is 6.07 Å². The summed E-state index contributed by atoms with van der Waals surface area (Å²) in [5.41, 5.74) is 0.699. The molecule has 0 spiro atoms. The number of nitro benzene ring substituents is 1. The standard InChI is InChI=1S/C10H10BrN3O2/c11-9-3-2-8(7-13-5-1-4-12)10(6-9)14(15)16/h2-3,6,13H,1,5,7H2. The van der Waals surface area contributed by atoms with E-state index in [1.807, 2.05) is 6.07 Å². The van der Waals surface area contributed by atoms with E-state index in [0.717, 1.165) is 0 Å². The lowest BCUT2D eigenvalue weighted by Gasteiger charge is -2.04. The van der Waals surface area contributed by atoms with Gasteiger partial charge in [-0.1, -0.05) is 15.9 Å². The smallest absolute Gasteiger partial charge is 0.275 e. The van der Waals surface area contributed by atoms with Gasteiger partial charge in [-0.25, -0.2) is 0 Å². The van der Waals surface area contributed by atoms with Crippen LogP contribution in [0.5, 0.6) is 0 Å². The average Bonchev–Trinajstić information content (AvgIpc) is 2.26. The van der Waals surface area contributed by atoms with Crippen LogP contribution in [-0.2, 0) is 6.54 Å². The van der Waals surface area contributed by atoms with Crippen molar-refractivity contribution >= 4 is 21.6 Å². The summed E-state index contributed by atoms with van der Waals surface area (Å²) >= 11 is 3.19. The highest BCUT2D eigenvalue weighted by molar-refractivity contribution is 9.10. The van der Waals surface area contributed by atoms with Crippen LogP contribution in [0, 0.1) is 21.4 Å². The van der Waals surface area contributed by atoms with Crippen molar-refractivity contribution in [2.75, 3.05) is 6.54 Å². The zero-order valence-electron chi connectivity index (χ0n) is 8.44. The Labute approximate surface area is 101 Å². The largest absolute Gasteiger partial charge is 0.311 e. The highest BCUT2D eigenvalue weighted by atomic mass is 79.9. The molecule has 0 heterocycles. The molecule has 0 bridgehead atoms. The van der Waals surface area contributed by atoms with Crippen LogP contribution in [-0.4, -0.2) is 11.5 Å². The van der Waals surface area contributed by atoms with Crippen molar-refractivity contribution < 1.29 is 4.92 Å². The van der Waals surface area contributed by atoms with Gasteiger partial charge in [0.05, 0.1) is 11.0 Å². The molecule has 0 aliphatic heterocycles. The Morgan fingerprint density at radius 1 is 1.56 bits per heavy atom. The molecule has 0 saturated heterocycles. The van der Waals surface area contributed by atoms with Crippen LogP contribution in [0.1, 0.15) is 12.0 Å². The zero-order valence-corrected chi connectivity index (χ0v) is 10.0. The molecule has 1 N–H and O–H groups in total. The predicted octanol–water partition coefficient (Wildman–Crippen LogP) is 2.36. The number of benzene rings is 1. The van der Waals surface area contributed by atoms with E-state index in [-0.39, 0.29) is 5.69 Å². The van der Waals surface area contributed by atoms with Gasteiger partial charge in [0.15, 0.2) is 0 Å². The maximum absolute atomic E-state index is 10.8. The summed E-state index contributed by atoms with van der Waals surface area (Å²) < 4.78 is 0.681. The van der Waals surface area contributed by atoms with Gasteiger partial charge < -0.3 is 5.32 Å². The van der Waals surface area contributed by atoms with Crippen molar-refractivity contribution in [1.29, 1.82) is 5.26 Å².